The second-order valence-electron chi connectivity index (χ2n) is 5.35. The van der Waals surface area contributed by atoms with E-state index in [9.17, 15) is 9.90 Å². The molecule has 0 unspecified atom stereocenters. The van der Waals surface area contributed by atoms with Crippen LogP contribution in [-0.2, 0) is 0 Å². The van der Waals surface area contributed by atoms with Gasteiger partial charge in [0.25, 0.3) is 5.91 Å². The van der Waals surface area contributed by atoms with Crippen LogP contribution in [0.4, 0.5) is 5.69 Å². The van der Waals surface area contributed by atoms with Crippen molar-refractivity contribution in [1.29, 1.82) is 0 Å². The third-order valence-corrected chi connectivity index (χ3v) is 3.87. The van der Waals surface area contributed by atoms with Crippen LogP contribution in [0.3, 0.4) is 0 Å². The lowest BCUT2D eigenvalue weighted by Gasteiger charge is -2.12. The Hall–Kier alpha value is -2.01. The Kier molecular flexibility index (Phi) is 2.71. The van der Waals surface area contributed by atoms with Crippen molar-refractivity contribution in [3.05, 3.63) is 30.0 Å². The molecule has 3 rings (SSSR count). The van der Waals surface area contributed by atoms with E-state index in [0.717, 1.165) is 23.7 Å². The summed E-state index contributed by atoms with van der Waals surface area (Å²) in [4.78, 5) is 15.2. The number of nitrogen functional groups attached to an aromatic ring is 1. The van der Waals surface area contributed by atoms with Gasteiger partial charge in [0.1, 0.15) is 0 Å². The van der Waals surface area contributed by atoms with E-state index in [1.54, 1.807) is 12.3 Å². The topological polar surface area (TPSA) is 91.1 Å². The standard InChI is InChI=1S/C14H17N3O2/c15-9-1-2-10-11(6-16-12(10)5-9)13(19)17-7-14(8-18)3-4-14/h1-2,5-6,16,18H,3-4,7-8,15H2,(H,17,19). The number of H-pyrrole nitrogens is 1. The van der Waals surface area contributed by atoms with Crippen molar-refractivity contribution in [2.75, 3.05) is 18.9 Å². The molecule has 1 saturated carbocycles. The first kappa shape index (κ1) is 12.0. The highest BCUT2D eigenvalue weighted by Gasteiger charge is 2.42. The van der Waals surface area contributed by atoms with Gasteiger partial charge >= 0.3 is 0 Å². The number of aromatic nitrogens is 1. The largest absolute Gasteiger partial charge is 0.399 e. The minimum Gasteiger partial charge on any atom is -0.399 e. The lowest BCUT2D eigenvalue weighted by atomic mass is 10.1. The molecule has 5 heteroatoms. The second-order valence-corrected chi connectivity index (χ2v) is 5.35. The van der Waals surface area contributed by atoms with Gasteiger partial charge in [0.05, 0.1) is 12.2 Å². The number of aliphatic hydroxyl groups is 1. The van der Waals surface area contributed by atoms with Crippen LogP contribution in [0.5, 0.6) is 0 Å². The van der Waals surface area contributed by atoms with Crippen molar-refractivity contribution in [3.8, 4) is 0 Å². The van der Waals surface area contributed by atoms with E-state index in [2.05, 4.69) is 10.3 Å². The predicted molar refractivity (Wildman–Crippen MR) is 73.8 cm³/mol. The van der Waals surface area contributed by atoms with Gasteiger partial charge in [0.15, 0.2) is 0 Å². The molecule has 0 saturated heterocycles. The summed E-state index contributed by atoms with van der Waals surface area (Å²) in [6, 6.07) is 5.43. The van der Waals surface area contributed by atoms with Crippen molar-refractivity contribution in [2.24, 2.45) is 5.41 Å². The lowest BCUT2D eigenvalue weighted by Crippen LogP contribution is -2.31. The fourth-order valence-corrected chi connectivity index (χ4v) is 2.26. The Morgan fingerprint density at radius 1 is 1.47 bits per heavy atom. The smallest absolute Gasteiger partial charge is 0.253 e. The molecule has 100 valence electrons. The van der Waals surface area contributed by atoms with Crippen LogP contribution in [0.1, 0.15) is 23.2 Å². The van der Waals surface area contributed by atoms with E-state index < -0.39 is 0 Å². The molecule has 1 aromatic heterocycles. The Bertz CT molecular complexity index is 629. The Balaban J connectivity index is 1.78. The van der Waals surface area contributed by atoms with Gasteiger partial charge in [-0.2, -0.15) is 0 Å². The molecule has 19 heavy (non-hydrogen) atoms. The second kappa shape index (κ2) is 4.28. The van der Waals surface area contributed by atoms with Crippen molar-refractivity contribution in [3.63, 3.8) is 0 Å². The molecule has 1 heterocycles. The fraction of sp³-hybridized carbons (Fsp3) is 0.357. The number of hydrogen-bond acceptors (Lipinski definition) is 3. The van der Waals surface area contributed by atoms with Gasteiger partial charge in [-0.3, -0.25) is 4.79 Å². The summed E-state index contributed by atoms with van der Waals surface area (Å²) >= 11 is 0. The zero-order chi connectivity index (χ0) is 13.5. The maximum Gasteiger partial charge on any atom is 0.253 e. The van der Waals surface area contributed by atoms with Crippen molar-refractivity contribution < 1.29 is 9.90 Å². The molecule has 0 spiro atoms. The summed E-state index contributed by atoms with van der Waals surface area (Å²) < 4.78 is 0. The quantitative estimate of drug-likeness (QED) is 0.623. The Morgan fingerprint density at radius 2 is 2.26 bits per heavy atom. The van der Waals surface area contributed by atoms with E-state index in [1.807, 2.05) is 12.1 Å². The first-order chi connectivity index (χ1) is 9.13. The van der Waals surface area contributed by atoms with Crippen LogP contribution in [-0.4, -0.2) is 29.1 Å². The van der Waals surface area contributed by atoms with Crippen molar-refractivity contribution in [2.45, 2.75) is 12.8 Å². The average Bonchev–Trinajstić information content (AvgIpc) is 3.08. The molecule has 1 fully saturated rings. The molecule has 5 N–H and O–H groups in total. The zero-order valence-electron chi connectivity index (χ0n) is 10.6. The third-order valence-electron chi connectivity index (χ3n) is 3.87. The van der Waals surface area contributed by atoms with E-state index in [1.165, 1.54) is 0 Å². The van der Waals surface area contributed by atoms with Crippen LogP contribution in [0.2, 0.25) is 0 Å². The maximum atomic E-state index is 12.2. The number of carbonyl (C=O) groups is 1. The summed E-state index contributed by atoms with van der Waals surface area (Å²) in [7, 11) is 0. The molecule has 2 aromatic rings. The first-order valence-corrected chi connectivity index (χ1v) is 6.39. The summed E-state index contributed by atoms with van der Waals surface area (Å²) in [6.45, 7) is 0.668. The monoisotopic (exact) mass is 259 g/mol. The molecule has 1 amide bonds. The number of aliphatic hydroxyl groups excluding tert-OH is 1. The molecule has 1 aromatic carbocycles. The van der Waals surface area contributed by atoms with Crippen molar-refractivity contribution in [1.82, 2.24) is 10.3 Å². The van der Waals surface area contributed by atoms with Crippen molar-refractivity contribution >= 4 is 22.5 Å². The van der Waals surface area contributed by atoms with E-state index in [-0.39, 0.29) is 17.9 Å². The van der Waals surface area contributed by atoms with Gasteiger partial charge in [0, 0.05) is 34.7 Å². The minimum absolute atomic E-state index is 0.0772. The van der Waals surface area contributed by atoms with Gasteiger partial charge in [-0.25, -0.2) is 0 Å². The number of fused-ring (bicyclic) bond motifs is 1. The molecule has 0 atom stereocenters. The number of hydrogen-bond donors (Lipinski definition) is 4. The van der Waals surface area contributed by atoms with Gasteiger partial charge in [-0.15, -0.1) is 0 Å². The predicted octanol–water partition coefficient (Wildman–Crippen LogP) is 1.25. The number of carbonyl (C=O) groups excluding carboxylic acids is 1. The molecular formula is C14H17N3O2. The van der Waals surface area contributed by atoms with E-state index in [0.29, 0.717) is 17.8 Å². The van der Waals surface area contributed by atoms with Gasteiger partial charge < -0.3 is 21.1 Å². The third kappa shape index (κ3) is 2.17. The Morgan fingerprint density at radius 3 is 2.95 bits per heavy atom. The highest BCUT2D eigenvalue weighted by molar-refractivity contribution is 6.07. The maximum absolute atomic E-state index is 12.2. The normalized spacial score (nSPS) is 16.5. The van der Waals surface area contributed by atoms with Gasteiger partial charge in [-0.1, -0.05) is 0 Å². The summed E-state index contributed by atoms with van der Waals surface area (Å²) in [5, 5.41) is 13.0. The minimum atomic E-state index is -0.115. The zero-order valence-corrected chi connectivity index (χ0v) is 10.6. The molecular weight excluding hydrogens is 242 g/mol. The molecule has 5 nitrogen and oxygen atoms in total. The SMILES string of the molecule is Nc1ccc2c(C(=O)NCC3(CO)CC3)c[nH]c2c1. The molecule has 0 aliphatic heterocycles. The van der Waals surface area contributed by atoms with Crippen LogP contribution < -0.4 is 11.1 Å². The van der Waals surface area contributed by atoms with Gasteiger partial charge in [0.2, 0.25) is 0 Å². The summed E-state index contributed by atoms with van der Waals surface area (Å²) in [5.41, 5.74) is 7.76. The molecule has 1 aliphatic rings. The average molecular weight is 259 g/mol. The lowest BCUT2D eigenvalue weighted by molar-refractivity contribution is 0.0937. The first-order valence-electron chi connectivity index (χ1n) is 6.39. The fourth-order valence-electron chi connectivity index (χ4n) is 2.26. The number of rotatable bonds is 4. The molecule has 1 aliphatic carbocycles. The number of nitrogens with one attached hydrogen (secondary N) is 2. The highest BCUT2D eigenvalue weighted by atomic mass is 16.3. The van der Waals surface area contributed by atoms with E-state index in [4.69, 9.17) is 5.73 Å². The van der Waals surface area contributed by atoms with Crippen LogP contribution >= 0.6 is 0 Å². The van der Waals surface area contributed by atoms with Crippen LogP contribution in [0.15, 0.2) is 24.4 Å². The van der Waals surface area contributed by atoms with Gasteiger partial charge in [-0.05, 0) is 31.0 Å². The molecule has 0 radical (unpaired) electrons. The number of nitrogens with two attached hydrogens (primary N) is 1. The highest BCUT2D eigenvalue weighted by Crippen LogP contribution is 2.44. The summed E-state index contributed by atoms with van der Waals surface area (Å²) in [6.07, 6.45) is 3.65. The van der Waals surface area contributed by atoms with Crippen LogP contribution in [0.25, 0.3) is 10.9 Å². The summed E-state index contributed by atoms with van der Waals surface area (Å²) in [5.74, 6) is -0.115. The number of amides is 1. The van der Waals surface area contributed by atoms with Crippen LogP contribution in [0, 0.1) is 5.41 Å². The number of aromatic amines is 1. The Labute approximate surface area is 110 Å². The number of benzene rings is 1. The number of anilines is 1. The molecule has 0 bridgehead atoms. The van der Waals surface area contributed by atoms with E-state index >= 15 is 0 Å².